The maximum absolute atomic E-state index is 11.8. The van der Waals surface area contributed by atoms with Gasteiger partial charge in [0.1, 0.15) is 18.1 Å². The van der Waals surface area contributed by atoms with Crippen LogP contribution >= 0.6 is 0 Å². The van der Waals surface area contributed by atoms with E-state index in [0.29, 0.717) is 19.3 Å². The molecule has 0 saturated carbocycles. The summed E-state index contributed by atoms with van der Waals surface area (Å²) in [5.74, 6) is -1.55. The molecule has 0 spiro atoms. The van der Waals surface area contributed by atoms with Gasteiger partial charge in [0.25, 0.3) is 0 Å². The van der Waals surface area contributed by atoms with Crippen LogP contribution in [0.1, 0.15) is 52.9 Å². The van der Waals surface area contributed by atoms with E-state index in [1.807, 2.05) is 0 Å². The van der Waals surface area contributed by atoms with E-state index < -0.39 is 30.2 Å². The zero-order chi connectivity index (χ0) is 20.8. The van der Waals surface area contributed by atoms with Gasteiger partial charge in [-0.05, 0) is 31.4 Å². The van der Waals surface area contributed by atoms with Crippen molar-refractivity contribution >= 4 is 5.97 Å². The summed E-state index contributed by atoms with van der Waals surface area (Å²) in [6.45, 7) is 4.91. The molecule has 0 aromatic rings. The van der Waals surface area contributed by atoms with Crippen molar-refractivity contribution in [2.24, 2.45) is 5.92 Å². The van der Waals surface area contributed by atoms with Crippen LogP contribution in [0.4, 0.5) is 0 Å². The fourth-order valence-corrected chi connectivity index (χ4v) is 2.09. The van der Waals surface area contributed by atoms with Crippen molar-refractivity contribution in [2.75, 3.05) is 6.61 Å². The molecule has 0 heterocycles. The van der Waals surface area contributed by atoms with Crippen LogP contribution in [-0.4, -0.2) is 56.7 Å². The molecule has 27 heavy (non-hydrogen) atoms. The van der Waals surface area contributed by atoms with E-state index in [-0.39, 0.29) is 31.0 Å². The summed E-state index contributed by atoms with van der Waals surface area (Å²) >= 11 is 0. The maximum atomic E-state index is 11.8. The van der Waals surface area contributed by atoms with Crippen molar-refractivity contribution in [3.63, 3.8) is 0 Å². The summed E-state index contributed by atoms with van der Waals surface area (Å²) in [7, 11) is 0. The normalized spacial score (nSPS) is 17.0. The molecular formula is C18H32O9. The molecule has 4 atom stereocenters. The summed E-state index contributed by atoms with van der Waals surface area (Å²) in [6, 6.07) is 0. The molecule has 0 rings (SSSR count). The Bertz CT molecular complexity index is 475. The number of rotatable bonds is 14. The van der Waals surface area contributed by atoms with E-state index in [1.54, 1.807) is 20.8 Å². The minimum atomic E-state index is -0.907. The van der Waals surface area contributed by atoms with E-state index >= 15 is 0 Å². The number of carbonyl (C=O) groups is 1. The van der Waals surface area contributed by atoms with Crippen molar-refractivity contribution in [2.45, 2.75) is 71.2 Å². The average Bonchev–Trinajstić information content (AvgIpc) is 2.67. The molecule has 0 aromatic carbocycles. The van der Waals surface area contributed by atoms with Crippen molar-refractivity contribution < 1.29 is 45.1 Å². The number of aliphatic hydroxyl groups excluding tert-OH is 3. The second-order valence-corrected chi connectivity index (χ2v) is 6.19. The van der Waals surface area contributed by atoms with Crippen LogP contribution in [0.15, 0.2) is 23.7 Å². The molecule has 4 unspecified atom stereocenters. The van der Waals surface area contributed by atoms with Gasteiger partial charge in [-0.25, -0.2) is 10.5 Å². The first-order chi connectivity index (χ1) is 12.8. The molecule has 0 aliphatic heterocycles. The maximum Gasteiger partial charge on any atom is 0.308 e. The van der Waals surface area contributed by atoms with E-state index in [1.165, 1.54) is 12.2 Å². The van der Waals surface area contributed by atoms with Crippen LogP contribution in [0, 0.1) is 5.92 Å². The number of hydrogen-bond donors (Lipinski definition) is 5. The first-order valence-corrected chi connectivity index (χ1v) is 9.06. The number of aliphatic hydroxyl groups is 3. The Morgan fingerprint density at radius 2 is 1.48 bits per heavy atom. The van der Waals surface area contributed by atoms with Crippen LogP contribution < -0.4 is 0 Å². The number of allylic oxidation sites excluding steroid dienone is 1. The second-order valence-electron chi connectivity index (χ2n) is 6.19. The molecule has 0 radical (unpaired) electrons. The monoisotopic (exact) mass is 392 g/mol. The van der Waals surface area contributed by atoms with E-state index in [2.05, 4.69) is 9.78 Å². The highest BCUT2D eigenvalue weighted by Gasteiger charge is 2.24. The number of hydrogen-bond acceptors (Lipinski definition) is 9. The van der Waals surface area contributed by atoms with Gasteiger partial charge in [-0.2, -0.15) is 0 Å². The Morgan fingerprint density at radius 1 is 0.889 bits per heavy atom. The lowest BCUT2D eigenvalue weighted by molar-refractivity contribution is -0.222. The summed E-state index contributed by atoms with van der Waals surface area (Å²) in [5, 5.41) is 47.2. The summed E-state index contributed by atoms with van der Waals surface area (Å²) in [5.41, 5.74) is 0. The summed E-state index contributed by atoms with van der Waals surface area (Å²) in [6.07, 6.45) is 0.809. The second kappa shape index (κ2) is 14.4. The molecule has 0 fully saturated rings. The number of esters is 1. The van der Waals surface area contributed by atoms with Crippen LogP contribution in [0.2, 0.25) is 0 Å². The highest BCUT2D eigenvalue weighted by atomic mass is 17.1. The molecule has 0 aliphatic rings. The fraction of sp³-hybridized carbons (Fsp3) is 0.722. The minimum Gasteiger partial charge on any atom is -0.465 e. The van der Waals surface area contributed by atoms with Gasteiger partial charge in [-0.3, -0.25) is 4.79 Å². The predicted octanol–water partition coefficient (Wildman–Crippen LogP) is 1.99. The van der Waals surface area contributed by atoms with Gasteiger partial charge < -0.3 is 29.8 Å². The number of ether oxygens (including phenoxy) is 1. The Balaban J connectivity index is 5.33. The van der Waals surface area contributed by atoms with Crippen molar-refractivity contribution in [3.05, 3.63) is 23.7 Å². The first kappa shape index (κ1) is 25.4. The molecule has 0 saturated heterocycles. The molecule has 0 aliphatic carbocycles. The quantitative estimate of drug-likeness (QED) is 0.130. The van der Waals surface area contributed by atoms with Crippen LogP contribution in [0.5, 0.6) is 0 Å². The molecule has 0 bridgehead atoms. The Hall–Kier alpha value is -1.65. The van der Waals surface area contributed by atoms with Crippen LogP contribution in [-0.2, 0) is 19.3 Å². The van der Waals surface area contributed by atoms with Gasteiger partial charge in [0.15, 0.2) is 0 Å². The lowest BCUT2D eigenvalue weighted by Gasteiger charge is -2.20. The Kier molecular flexibility index (Phi) is 13.5. The van der Waals surface area contributed by atoms with Crippen molar-refractivity contribution in [3.8, 4) is 0 Å². The molecule has 9 heteroatoms. The van der Waals surface area contributed by atoms with Gasteiger partial charge in [0, 0.05) is 6.42 Å². The van der Waals surface area contributed by atoms with E-state index in [0.717, 1.165) is 0 Å². The fourth-order valence-electron chi connectivity index (χ4n) is 2.09. The molecular weight excluding hydrogens is 360 g/mol. The summed E-state index contributed by atoms with van der Waals surface area (Å²) in [4.78, 5) is 20.4. The van der Waals surface area contributed by atoms with Crippen LogP contribution in [0.3, 0.4) is 0 Å². The van der Waals surface area contributed by atoms with Gasteiger partial charge >= 0.3 is 5.97 Å². The van der Waals surface area contributed by atoms with Gasteiger partial charge in [0.05, 0.1) is 30.7 Å². The largest absolute Gasteiger partial charge is 0.465 e. The Morgan fingerprint density at radius 3 is 1.96 bits per heavy atom. The standard InChI is InChI=1S/C18H32O9/c1-4-13(19)8-16(26-23)7-12(17(27-24)9-14(20)5-2)11-25-18(22)10-15(21)6-3/h8-9,12-15,19-21,23-24H,4-7,10-11H2,1-3H3/b16-8-,17-9-. The predicted molar refractivity (Wildman–Crippen MR) is 96.2 cm³/mol. The third-order valence-electron chi connectivity index (χ3n) is 3.96. The zero-order valence-corrected chi connectivity index (χ0v) is 16.1. The van der Waals surface area contributed by atoms with Gasteiger partial charge in [-0.1, -0.05) is 20.8 Å². The topological polar surface area (TPSA) is 146 Å². The zero-order valence-electron chi connectivity index (χ0n) is 16.1. The van der Waals surface area contributed by atoms with Crippen molar-refractivity contribution in [1.29, 1.82) is 0 Å². The smallest absolute Gasteiger partial charge is 0.308 e. The molecule has 0 amide bonds. The van der Waals surface area contributed by atoms with Crippen LogP contribution in [0.25, 0.3) is 0 Å². The lowest BCUT2D eigenvalue weighted by Crippen LogP contribution is -2.22. The molecule has 5 N–H and O–H groups in total. The third kappa shape index (κ3) is 10.9. The van der Waals surface area contributed by atoms with E-state index in [4.69, 9.17) is 9.99 Å². The minimum absolute atomic E-state index is 0.0204. The van der Waals surface area contributed by atoms with Crippen molar-refractivity contribution in [1.82, 2.24) is 0 Å². The average molecular weight is 392 g/mol. The van der Waals surface area contributed by atoms with Gasteiger partial charge in [0.2, 0.25) is 0 Å². The lowest BCUT2D eigenvalue weighted by atomic mass is 10.00. The molecule has 158 valence electrons. The number of carbonyl (C=O) groups excluding carboxylic acids is 1. The highest BCUT2D eigenvalue weighted by molar-refractivity contribution is 5.69. The SMILES string of the molecule is CCC(O)/C=C(/CC(COC(=O)CC(O)CC)/C(=C/C(O)CC)OO)OO. The van der Waals surface area contributed by atoms with E-state index in [9.17, 15) is 25.4 Å². The van der Waals surface area contributed by atoms with Gasteiger partial charge in [-0.15, -0.1) is 0 Å². The third-order valence-corrected chi connectivity index (χ3v) is 3.96. The molecule has 9 nitrogen and oxygen atoms in total. The highest BCUT2D eigenvalue weighted by Crippen LogP contribution is 2.23. The first-order valence-electron chi connectivity index (χ1n) is 9.06. The summed E-state index contributed by atoms with van der Waals surface area (Å²) < 4.78 is 5.11. The Labute approximate surface area is 159 Å². The molecule has 0 aromatic heterocycles.